The van der Waals surface area contributed by atoms with Crippen LogP contribution in [0.1, 0.15) is 31.7 Å². The van der Waals surface area contributed by atoms with Crippen molar-refractivity contribution in [2.45, 2.75) is 43.8 Å². The number of likely N-dealkylation sites (N-methyl/N-ethyl adjacent to an activating group) is 1. The van der Waals surface area contributed by atoms with Crippen molar-refractivity contribution in [3.05, 3.63) is 31.0 Å². The first-order chi connectivity index (χ1) is 13.2. The van der Waals surface area contributed by atoms with Gasteiger partial charge >= 0.3 is 0 Å². The van der Waals surface area contributed by atoms with Gasteiger partial charge in [-0.05, 0) is 38.8 Å². The van der Waals surface area contributed by atoms with E-state index in [-0.39, 0.29) is 18.0 Å². The molecule has 1 atom stereocenters. The molecule has 1 aliphatic carbocycles. The van der Waals surface area contributed by atoms with Gasteiger partial charge in [0, 0.05) is 30.5 Å². The van der Waals surface area contributed by atoms with Gasteiger partial charge in [0.25, 0.3) is 0 Å². The number of nitrogens with one attached hydrogen (secondary N) is 1. The minimum absolute atomic E-state index is 0.0887. The van der Waals surface area contributed by atoms with Crippen LogP contribution in [0.5, 0.6) is 0 Å². The molecular weight excluding hydrogens is 344 g/mol. The Hall–Kier alpha value is -2.32. The highest BCUT2D eigenvalue weighted by Gasteiger charge is 2.30. The quantitative estimate of drug-likeness (QED) is 0.872. The summed E-state index contributed by atoms with van der Waals surface area (Å²) < 4.78 is 7.49. The van der Waals surface area contributed by atoms with E-state index in [0.29, 0.717) is 19.3 Å². The first-order valence-corrected chi connectivity index (χ1v) is 9.59. The Bertz CT molecular complexity index is 757. The fraction of sp³-hybridized carbons (Fsp3) is 0.579. The monoisotopic (exact) mass is 370 g/mol. The molecule has 0 aromatic carbocycles. The Morgan fingerprint density at radius 2 is 2.15 bits per heavy atom. The first kappa shape index (κ1) is 18.1. The normalized spacial score (nSPS) is 26.6. The largest absolute Gasteiger partial charge is 0.378 e. The van der Waals surface area contributed by atoms with E-state index in [1.165, 1.54) is 0 Å². The summed E-state index contributed by atoms with van der Waals surface area (Å²) in [7, 11) is 1.98. The van der Waals surface area contributed by atoms with E-state index in [4.69, 9.17) is 4.74 Å². The molecule has 1 saturated heterocycles. The van der Waals surface area contributed by atoms with Gasteiger partial charge in [-0.25, -0.2) is 9.97 Å². The molecule has 8 nitrogen and oxygen atoms in total. The third kappa shape index (κ3) is 4.17. The topological polar surface area (TPSA) is 85.2 Å². The molecule has 1 amide bonds. The molecule has 0 spiro atoms. The second-order valence-corrected chi connectivity index (χ2v) is 7.39. The molecule has 4 rings (SSSR count). The number of aromatic nitrogens is 4. The molecule has 144 valence electrons. The molecule has 8 heteroatoms. The van der Waals surface area contributed by atoms with Crippen molar-refractivity contribution in [1.82, 2.24) is 30.0 Å². The van der Waals surface area contributed by atoms with E-state index < -0.39 is 0 Å². The van der Waals surface area contributed by atoms with Crippen molar-refractivity contribution in [2.75, 3.05) is 26.8 Å². The van der Waals surface area contributed by atoms with Crippen molar-refractivity contribution in [1.29, 1.82) is 0 Å². The summed E-state index contributed by atoms with van der Waals surface area (Å²) in [4.78, 5) is 22.8. The van der Waals surface area contributed by atoms with Crippen LogP contribution >= 0.6 is 0 Å². The number of hydrogen-bond acceptors (Lipinski definition) is 6. The number of carbonyl (C=O) groups is 1. The van der Waals surface area contributed by atoms with Gasteiger partial charge in [0.15, 0.2) is 0 Å². The molecule has 0 radical (unpaired) electrons. The molecule has 2 aromatic rings. The fourth-order valence-electron chi connectivity index (χ4n) is 3.88. The third-order valence-electron chi connectivity index (χ3n) is 5.60. The highest BCUT2D eigenvalue weighted by molar-refractivity contribution is 5.82. The average molecular weight is 370 g/mol. The highest BCUT2D eigenvalue weighted by atomic mass is 16.5. The van der Waals surface area contributed by atoms with Crippen molar-refractivity contribution < 1.29 is 9.53 Å². The van der Waals surface area contributed by atoms with Crippen LogP contribution in [0, 0.1) is 0 Å². The van der Waals surface area contributed by atoms with Crippen LogP contribution in [0.3, 0.4) is 0 Å². The third-order valence-corrected chi connectivity index (χ3v) is 5.60. The molecule has 27 heavy (non-hydrogen) atoms. The number of hydrogen-bond donors (Lipinski definition) is 1. The zero-order chi connectivity index (χ0) is 18.6. The van der Waals surface area contributed by atoms with E-state index >= 15 is 0 Å². The Balaban J connectivity index is 1.30. The molecule has 2 aromatic heterocycles. The summed E-state index contributed by atoms with van der Waals surface area (Å²) in [5.74, 6) is 0.0887. The van der Waals surface area contributed by atoms with Crippen LogP contribution in [0.2, 0.25) is 0 Å². The summed E-state index contributed by atoms with van der Waals surface area (Å²) in [5.41, 5.74) is 1.89. The van der Waals surface area contributed by atoms with Gasteiger partial charge in [-0.3, -0.25) is 14.4 Å². The molecule has 3 heterocycles. The Morgan fingerprint density at radius 1 is 1.30 bits per heavy atom. The zero-order valence-electron chi connectivity index (χ0n) is 15.6. The lowest BCUT2D eigenvalue weighted by Gasteiger charge is -2.34. The average Bonchev–Trinajstić information content (AvgIpc) is 3.20. The summed E-state index contributed by atoms with van der Waals surface area (Å²) >= 11 is 0. The lowest BCUT2D eigenvalue weighted by molar-refractivity contribution is -0.132. The van der Waals surface area contributed by atoms with Gasteiger partial charge in [0.2, 0.25) is 5.91 Å². The van der Waals surface area contributed by atoms with Gasteiger partial charge in [-0.15, -0.1) is 0 Å². The smallest absolute Gasteiger partial charge is 0.239 e. The number of morpholine rings is 1. The lowest BCUT2D eigenvalue weighted by atomic mass is 9.91. The zero-order valence-corrected chi connectivity index (χ0v) is 15.6. The molecule has 2 fully saturated rings. The van der Waals surface area contributed by atoms with Gasteiger partial charge in [-0.1, -0.05) is 0 Å². The van der Waals surface area contributed by atoms with Crippen molar-refractivity contribution in [3.63, 3.8) is 0 Å². The summed E-state index contributed by atoms with van der Waals surface area (Å²) in [6, 6.07) is 2.33. The SMILES string of the molecule is CN1CCOC[C@@H]1C(=O)NC1CCC(n2cc(-c3ccncn3)cn2)CC1. The van der Waals surface area contributed by atoms with Gasteiger partial charge < -0.3 is 10.1 Å². The summed E-state index contributed by atoms with van der Waals surface area (Å²) in [6.07, 6.45) is 11.2. The predicted molar refractivity (Wildman–Crippen MR) is 99.9 cm³/mol. The van der Waals surface area contributed by atoms with Crippen LogP contribution in [-0.4, -0.2) is 69.4 Å². The van der Waals surface area contributed by atoms with Gasteiger partial charge in [0.1, 0.15) is 12.4 Å². The molecule has 1 N–H and O–H groups in total. The Labute approximate surface area is 158 Å². The maximum atomic E-state index is 12.5. The number of carbonyl (C=O) groups excluding carboxylic acids is 1. The molecule has 0 bridgehead atoms. The Kier molecular flexibility index (Phi) is 5.45. The number of rotatable bonds is 4. The number of amides is 1. The molecule has 0 unspecified atom stereocenters. The van der Waals surface area contributed by atoms with Gasteiger partial charge in [0.05, 0.1) is 31.1 Å². The van der Waals surface area contributed by atoms with Gasteiger partial charge in [-0.2, -0.15) is 5.10 Å². The van der Waals surface area contributed by atoms with Crippen molar-refractivity contribution >= 4 is 5.91 Å². The van der Waals surface area contributed by atoms with Crippen LogP contribution in [0.25, 0.3) is 11.3 Å². The van der Waals surface area contributed by atoms with Crippen LogP contribution in [0.15, 0.2) is 31.0 Å². The second-order valence-electron chi connectivity index (χ2n) is 7.39. The molecule has 1 saturated carbocycles. The predicted octanol–water partition coefficient (Wildman–Crippen LogP) is 1.27. The highest BCUT2D eigenvalue weighted by Crippen LogP contribution is 2.29. The van der Waals surface area contributed by atoms with E-state index in [9.17, 15) is 4.79 Å². The van der Waals surface area contributed by atoms with Crippen LogP contribution < -0.4 is 5.32 Å². The van der Waals surface area contributed by atoms with E-state index in [1.54, 1.807) is 12.5 Å². The Morgan fingerprint density at radius 3 is 2.89 bits per heavy atom. The maximum Gasteiger partial charge on any atom is 0.239 e. The van der Waals surface area contributed by atoms with E-state index in [1.807, 2.05) is 24.0 Å². The fourth-order valence-corrected chi connectivity index (χ4v) is 3.88. The molecular formula is C19H26N6O2. The van der Waals surface area contributed by atoms with Crippen LogP contribution in [-0.2, 0) is 9.53 Å². The van der Waals surface area contributed by atoms with Crippen molar-refractivity contribution in [3.8, 4) is 11.3 Å². The van der Waals surface area contributed by atoms with E-state index in [0.717, 1.165) is 43.5 Å². The molecule has 1 aliphatic heterocycles. The second kappa shape index (κ2) is 8.14. The standard InChI is InChI=1S/C19H26N6O2/c1-24-8-9-27-12-18(24)19(26)23-15-2-4-16(5-3-15)25-11-14(10-22-25)17-6-7-20-13-21-17/h6-7,10-11,13,15-16,18H,2-5,8-9,12H2,1H3,(H,23,26)/t15?,16?,18-/m1/s1. The number of nitrogens with zero attached hydrogens (tertiary/aromatic N) is 5. The van der Waals surface area contributed by atoms with E-state index in [2.05, 4.69) is 31.5 Å². The van der Waals surface area contributed by atoms with Crippen molar-refractivity contribution in [2.24, 2.45) is 0 Å². The first-order valence-electron chi connectivity index (χ1n) is 9.59. The summed E-state index contributed by atoms with van der Waals surface area (Å²) in [5, 5.41) is 7.75. The number of ether oxygens (including phenoxy) is 1. The lowest BCUT2D eigenvalue weighted by Crippen LogP contribution is -2.54. The maximum absolute atomic E-state index is 12.5. The minimum atomic E-state index is -0.169. The summed E-state index contributed by atoms with van der Waals surface area (Å²) in [6.45, 7) is 1.99. The minimum Gasteiger partial charge on any atom is -0.378 e. The molecule has 2 aliphatic rings. The van der Waals surface area contributed by atoms with Crippen LogP contribution in [0.4, 0.5) is 0 Å².